The van der Waals surface area contributed by atoms with Crippen LogP contribution in [0, 0.1) is 5.53 Å². The van der Waals surface area contributed by atoms with E-state index in [0.29, 0.717) is 12.1 Å². The molecule has 5 N–H and O–H groups in total. The lowest BCUT2D eigenvalue weighted by molar-refractivity contribution is -0.131. The van der Waals surface area contributed by atoms with Crippen LogP contribution in [-0.2, 0) is 11.3 Å². The predicted octanol–water partition coefficient (Wildman–Crippen LogP) is 3.05. The van der Waals surface area contributed by atoms with Crippen LogP contribution in [0.4, 0.5) is 5.69 Å². The maximum Gasteiger partial charge on any atom is 0.328 e. The Morgan fingerprint density at radius 2 is 2.00 bits per heavy atom. The molecule has 0 aliphatic carbocycles. The van der Waals surface area contributed by atoms with E-state index < -0.39 is 5.97 Å². The van der Waals surface area contributed by atoms with Crippen LogP contribution in [0.1, 0.15) is 16.7 Å². The number of nitrogens with two attached hydrogens (primary N) is 1. The first-order chi connectivity index (χ1) is 11.6. The normalized spacial score (nSPS) is 11.4. The third-order valence-corrected chi connectivity index (χ3v) is 3.24. The molecular formula is C17H17N5O2. The quantitative estimate of drug-likeness (QED) is 0.163. The molecule has 0 bridgehead atoms. The number of carbonyl (C=O) groups is 1. The van der Waals surface area contributed by atoms with Crippen molar-refractivity contribution < 1.29 is 9.90 Å². The fourth-order valence-electron chi connectivity index (χ4n) is 2.05. The Kier molecular flexibility index (Phi) is 5.79. The van der Waals surface area contributed by atoms with Crippen LogP contribution in [0.15, 0.2) is 64.8 Å². The van der Waals surface area contributed by atoms with E-state index in [1.807, 2.05) is 42.5 Å². The molecule has 0 atom stereocenters. The molecule has 24 heavy (non-hydrogen) atoms. The average molecular weight is 323 g/mol. The van der Waals surface area contributed by atoms with Crippen molar-refractivity contribution in [2.24, 2.45) is 16.1 Å². The van der Waals surface area contributed by atoms with E-state index in [9.17, 15) is 4.79 Å². The summed E-state index contributed by atoms with van der Waals surface area (Å²) in [6, 6.07) is 14.9. The molecular weight excluding hydrogens is 306 g/mol. The molecule has 0 spiro atoms. The van der Waals surface area contributed by atoms with Crippen molar-refractivity contribution in [3.8, 4) is 0 Å². The molecule has 2 aromatic carbocycles. The third-order valence-electron chi connectivity index (χ3n) is 3.24. The van der Waals surface area contributed by atoms with Crippen LogP contribution in [0.2, 0.25) is 0 Å². The second-order valence-corrected chi connectivity index (χ2v) is 4.91. The van der Waals surface area contributed by atoms with E-state index in [1.165, 1.54) is 0 Å². The Hall–Kier alpha value is -3.48. The van der Waals surface area contributed by atoms with Crippen molar-refractivity contribution in [1.29, 1.82) is 5.53 Å². The van der Waals surface area contributed by atoms with Crippen LogP contribution >= 0.6 is 0 Å². The Labute approximate surface area is 139 Å². The van der Waals surface area contributed by atoms with Gasteiger partial charge in [0.2, 0.25) is 0 Å². The summed E-state index contributed by atoms with van der Waals surface area (Å²) in [6.07, 6.45) is 2.65. The SMILES string of the molecule is N=N/C(=N\N)c1cccc(NCc2ccc(/C=C/C(=O)O)cc2)c1. The van der Waals surface area contributed by atoms with E-state index in [4.69, 9.17) is 16.5 Å². The maximum atomic E-state index is 10.5. The number of hydrogen-bond acceptors (Lipinski definition) is 5. The number of hydrogen-bond donors (Lipinski definition) is 4. The smallest absolute Gasteiger partial charge is 0.328 e. The number of aliphatic carboxylic acids is 1. The van der Waals surface area contributed by atoms with E-state index >= 15 is 0 Å². The highest BCUT2D eigenvalue weighted by Gasteiger charge is 2.03. The summed E-state index contributed by atoms with van der Waals surface area (Å²) < 4.78 is 0. The monoisotopic (exact) mass is 323 g/mol. The second-order valence-electron chi connectivity index (χ2n) is 4.91. The van der Waals surface area contributed by atoms with Gasteiger partial charge < -0.3 is 16.3 Å². The molecule has 122 valence electrons. The third kappa shape index (κ3) is 4.77. The van der Waals surface area contributed by atoms with Crippen molar-refractivity contribution in [2.75, 3.05) is 5.32 Å². The zero-order chi connectivity index (χ0) is 17.4. The molecule has 0 saturated carbocycles. The Balaban J connectivity index is 2.02. The number of amidine groups is 1. The van der Waals surface area contributed by atoms with E-state index in [1.54, 1.807) is 12.1 Å². The highest BCUT2D eigenvalue weighted by molar-refractivity contribution is 5.99. The molecule has 0 fully saturated rings. The van der Waals surface area contributed by atoms with Crippen molar-refractivity contribution >= 4 is 23.6 Å². The lowest BCUT2D eigenvalue weighted by Crippen LogP contribution is -2.03. The number of anilines is 1. The van der Waals surface area contributed by atoms with E-state index in [0.717, 1.165) is 22.9 Å². The molecule has 0 amide bonds. The van der Waals surface area contributed by atoms with Gasteiger partial charge in [0.15, 0.2) is 5.84 Å². The van der Waals surface area contributed by atoms with Gasteiger partial charge in [-0.15, -0.1) is 5.11 Å². The lowest BCUT2D eigenvalue weighted by Gasteiger charge is -2.08. The zero-order valence-corrected chi connectivity index (χ0v) is 12.8. The van der Waals surface area contributed by atoms with Crippen molar-refractivity contribution in [1.82, 2.24) is 0 Å². The highest BCUT2D eigenvalue weighted by Crippen LogP contribution is 2.14. The molecule has 0 aliphatic heterocycles. The molecule has 2 aromatic rings. The minimum atomic E-state index is -0.972. The number of nitrogens with one attached hydrogen (secondary N) is 2. The molecule has 0 unspecified atom stereocenters. The van der Waals surface area contributed by atoms with Crippen LogP contribution in [0.5, 0.6) is 0 Å². The number of nitrogens with zero attached hydrogens (tertiary/aromatic N) is 2. The minimum absolute atomic E-state index is 0.160. The first-order valence-corrected chi connectivity index (χ1v) is 7.12. The summed E-state index contributed by atoms with van der Waals surface area (Å²) in [4.78, 5) is 10.5. The summed E-state index contributed by atoms with van der Waals surface area (Å²) in [5.41, 5.74) is 10.4. The number of rotatable bonds is 6. The van der Waals surface area contributed by atoms with Crippen LogP contribution in [-0.4, -0.2) is 16.9 Å². The zero-order valence-electron chi connectivity index (χ0n) is 12.8. The average Bonchev–Trinajstić information content (AvgIpc) is 2.60. The summed E-state index contributed by atoms with van der Waals surface area (Å²) in [7, 11) is 0. The standard InChI is InChI=1S/C17H17N5O2/c18-21-17(22-19)14-2-1-3-15(10-14)20-11-13-6-4-12(5-7-13)8-9-16(23)24/h1-10,18,20H,11,19H2,(H,23,24)/b9-8+,21-18?,22-17-. The first-order valence-electron chi connectivity index (χ1n) is 7.12. The molecule has 0 saturated heterocycles. The molecule has 0 aliphatic rings. The Morgan fingerprint density at radius 3 is 2.62 bits per heavy atom. The summed E-state index contributed by atoms with van der Waals surface area (Å²) in [5.74, 6) is 4.39. The van der Waals surface area contributed by atoms with Gasteiger partial charge in [0.05, 0.1) is 0 Å². The molecule has 0 aromatic heterocycles. The largest absolute Gasteiger partial charge is 0.478 e. The summed E-state index contributed by atoms with van der Waals surface area (Å²) in [5, 5.41) is 18.6. The van der Waals surface area contributed by atoms with Gasteiger partial charge in [-0.2, -0.15) is 5.10 Å². The van der Waals surface area contributed by atoms with Gasteiger partial charge in [0, 0.05) is 23.9 Å². The number of hydrazone groups is 1. The van der Waals surface area contributed by atoms with Crippen molar-refractivity contribution in [2.45, 2.75) is 6.54 Å². The highest BCUT2D eigenvalue weighted by atomic mass is 16.4. The topological polar surface area (TPSA) is 124 Å². The van der Waals surface area contributed by atoms with Crippen LogP contribution in [0.25, 0.3) is 6.08 Å². The van der Waals surface area contributed by atoms with Gasteiger partial charge in [-0.25, -0.2) is 10.3 Å². The maximum absolute atomic E-state index is 10.5. The van der Waals surface area contributed by atoms with Crippen LogP contribution in [0.3, 0.4) is 0 Å². The fourth-order valence-corrected chi connectivity index (χ4v) is 2.05. The summed E-state index contributed by atoms with van der Waals surface area (Å²) in [6.45, 7) is 0.597. The lowest BCUT2D eigenvalue weighted by atomic mass is 10.1. The van der Waals surface area contributed by atoms with Gasteiger partial charge in [-0.3, -0.25) is 0 Å². The van der Waals surface area contributed by atoms with E-state index in [-0.39, 0.29) is 5.84 Å². The number of carboxylic acids is 1. The predicted molar refractivity (Wildman–Crippen MR) is 92.8 cm³/mol. The fraction of sp³-hybridized carbons (Fsp3) is 0.0588. The Morgan fingerprint density at radius 1 is 1.25 bits per heavy atom. The molecule has 0 heterocycles. The van der Waals surface area contributed by atoms with Gasteiger partial charge in [-0.1, -0.05) is 36.4 Å². The molecule has 7 heteroatoms. The molecule has 2 rings (SSSR count). The van der Waals surface area contributed by atoms with Gasteiger partial charge in [0.1, 0.15) is 0 Å². The summed E-state index contributed by atoms with van der Waals surface area (Å²) >= 11 is 0. The first kappa shape index (κ1) is 16.9. The van der Waals surface area contributed by atoms with Gasteiger partial charge in [-0.05, 0) is 29.3 Å². The number of benzene rings is 2. The number of carboxylic acid groups (broad SMARTS) is 1. The van der Waals surface area contributed by atoms with Crippen molar-refractivity contribution in [3.05, 3.63) is 71.3 Å². The minimum Gasteiger partial charge on any atom is -0.478 e. The van der Waals surface area contributed by atoms with Gasteiger partial charge in [0.25, 0.3) is 0 Å². The molecule has 0 radical (unpaired) electrons. The van der Waals surface area contributed by atoms with Crippen LogP contribution < -0.4 is 11.2 Å². The van der Waals surface area contributed by atoms with Gasteiger partial charge >= 0.3 is 5.97 Å². The van der Waals surface area contributed by atoms with Crippen molar-refractivity contribution in [3.63, 3.8) is 0 Å². The molecule has 7 nitrogen and oxygen atoms in total. The Bertz CT molecular complexity index is 782. The van der Waals surface area contributed by atoms with E-state index in [2.05, 4.69) is 15.5 Å². The second kappa shape index (κ2) is 8.23.